The molecule has 1 fully saturated rings. The summed E-state index contributed by atoms with van der Waals surface area (Å²) in [6.07, 6.45) is 0. The summed E-state index contributed by atoms with van der Waals surface area (Å²) in [5.74, 6) is -1.45. The van der Waals surface area contributed by atoms with Gasteiger partial charge in [0.1, 0.15) is 0 Å². The van der Waals surface area contributed by atoms with Crippen LogP contribution in [0.2, 0.25) is 0 Å². The summed E-state index contributed by atoms with van der Waals surface area (Å²) in [5.41, 5.74) is -1.02. The van der Waals surface area contributed by atoms with Crippen molar-refractivity contribution in [1.29, 1.82) is 0 Å². The minimum atomic E-state index is -3.01. The predicted molar refractivity (Wildman–Crippen MR) is 34.4 cm³/mol. The zero-order valence-corrected chi connectivity index (χ0v) is 6.31. The molecule has 0 bridgehead atoms. The first-order chi connectivity index (χ1) is 4.36. The number of rotatable bonds is 1. The second-order valence-electron chi connectivity index (χ2n) is 2.90. The molecule has 1 saturated heterocycles. The molecule has 0 radical (unpaired) electrons. The molecule has 0 unspecified atom stereocenters. The van der Waals surface area contributed by atoms with Crippen molar-refractivity contribution in [3.63, 3.8) is 0 Å². The third kappa shape index (κ3) is 1.01. The lowest BCUT2D eigenvalue weighted by molar-refractivity contribution is -0.146. The second-order valence-corrected chi connectivity index (χ2v) is 4.96. The molecule has 1 N–H and O–H groups in total. The van der Waals surface area contributed by atoms with Crippen LogP contribution in [0.15, 0.2) is 0 Å². The molecule has 1 aliphatic heterocycles. The Morgan fingerprint density at radius 1 is 1.50 bits per heavy atom. The van der Waals surface area contributed by atoms with Gasteiger partial charge in [-0.1, -0.05) is 0 Å². The average molecular weight is 164 g/mol. The van der Waals surface area contributed by atoms with Gasteiger partial charge in [-0.05, 0) is 6.92 Å². The smallest absolute Gasteiger partial charge is 0.311 e. The first kappa shape index (κ1) is 7.53. The summed E-state index contributed by atoms with van der Waals surface area (Å²) in [4.78, 5) is 10.3. The average Bonchev–Trinajstić information content (AvgIpc) is 1.59. The van der Waals surface area contributed by atoms with Gasteiger partial charge in [0.05, 0.1) is 16.9 Å². The van der Waals surface area contributed by atoms with Crippen molar-refractivity contribution in [2.45, 2.75) is 6.92 Å². The van der Waals surface area contributed by atoms with Gasteiger partial charge in [-0.2, -0.15) is 0 Å². The monoisotopic (exact) mass is 164 g/mol. The van der Waals surface area contributed by atoms with E-state index in [9.17, 15) is 13.2 Å². The maximum atomic E-state index is 10.5. The molecule has 1 aliphatic rings. The fourth-order valence-electron chi connectivity index (χ4n) is 1.05. The standard InChI is InChI=1S/C5H8O4S/c1-5(4(6)7)2-10(8,9)3-5/h2-3H2,1H3,(H,6,7). The van der Waals surface area contributed by atoms with Crippen LogP contribution in [0.1, 0.15) is 6.92 Å². The molecule has 0 atom stereocenters. The number of carboxylic acid groups (broad SMARTS) is 1. The largest absolute Gasteiger partial charge is 0.481 e. The summed E-state index contributed by atoms with van der Waals surface area (Å²) in [7, 11) is -3.01. The number of hydrogen-bond donors (Lipinski definition) is 1. The molecule has 0 spiro atoms. The van der Waals surface area contributed by atoms with Crippen molar-refractivity contribution in [2.24, 2.45) is 5.41 Å². The Kier molecular flexibility index (Phi) is 1.29. The Morgan fingerprint density at radius 2 is 1.90 bits per heavy atom. The third-order valence-corrected chi connectivity index (χ3v) is 3.75. The number of carbonyl (C=O) groups is 1. The van der Waals surface area contributed by atoms with Gasteiger partial charge in [-0.3, -0.25) is 4.79 Å². The van der Waals surface area contributed by atoms with Crippen molar-refractivity contribution < 1.29 is 18.3 Å². The van der Waals surface area contributed by atoms with E-state index in [1.807, 2.05) is 0 Å². The molecule has 58 valence electrons. The zero-order chi connectivity index (χ0) is 7.99. The topological polar surface area (TPSA) is 71.4 Å². The number of hydrogen-bond acceptors (Lipinski definition) is 3. The number of aliphatic carboxylic acids is 1. The molecular weight excluding hydrogens is 156 g/mol. The molecule has 0 aromatic rings. The minimum Gasteiger partial charge on any atom is -0.481 e. The second kappa shape index (κ2) is 1.72. The van der Waals surface area contributed by atoms with Gasteiger partial charge >= 0.3 is 5.97 Å². The van der Waals surface area contributed by atoms with E-state index in [1.54, 1.807) is 0 Å². The van der Waals surface area contributed by atoms with E-state index in [0.717, 1.165) is 0 Å². The van der Waals surface area contributed by atoms with E-state index < -0.39 is 21.2 Å². The predicted octanol–water partition coefficient (Wildman–Crippen LogP) is -0.494. The third-order valence-electron chi connectivity index (χ3n) is 1.59. The van der Waals surface area contributed by atoms with Crippen molar-refractivity contribution >= 4 is 15.8 Å². The Balaban J connectivity index is 2.76. The molecular formula is C5H8O4S. The van der Waals surface area contributed by atoms with Crippen LogP contribution in [-0.4, -0.2) is 31.0 Å². The Bertz CT molecular complexity index is 251. The maximum absolute atomic E-state index is 10.5. The fraction of sp³-hybridized carbons (Fsp3) is 0.800. The molecule has 1 heterocycles. The first-order valence-corrected chi connectivity index (χ1v) is 4.62. The molecule has 10 heavy (non-hydrogen) atoms. The summed E-state index contributed by atoms with van der Waals surface area (Å²) >= 11 is 0. The van der Waals surface area contributed by atoms with Crippen molar-refractivity contribution in [3.8, 4) is 0 Å². The van der Waals surface area contributed by atoms with Gasteiger partial charge < -0.3 is 5.11 Å². The molecule has 0 amide bonds. The lowest BCUT2D eigenvalue weighted by atomic mass is 9.96. The first-order valence-electron chi connectivity index (χ1n) is 2.80. The molecule has 1 rings (SSSR count). The normalized spacial score (nSPS) is 26.9. The van der Waals surface area contributed by atoms with E-state index in [1.165, 1.54) is 6.92 Å². The molecule has 5 heteroatoms. The van der Waals surface area contributed by atoms with Gasteiger partial charge in [-0.15, -0.1) is 0 Å². The van der Waals surface area contributed by atoms with Crippen LogP contribution in [0.3, 0.4) is 0 Å². The van der Waals surface area contributed by atoms with Gasteiger partial charge in [0.25, 0.3) is 0 Å². The number of sulfone groups is 1. The van der Waals surface area contributed by atoms with E-state index in [4.69, 9.17) is 5.11 Å². The van der Waals surface area contributed by atoms with E-state index in [2.05, 4.69) is 0 Å². The van der Waals surface area contributed by atoms with Crippen LogP contribution in [0.5, 0.6) is 0 Å². The highest BCUT2D eigenvalue weighted by Crippen LogP contribution is 2.32. The van der Waals surface area contributed by atoms with Crippen LogP contribution >= 0.6 is 0 Å². The Labute approximate surface area is 58.8 Å². The fourth-order valence-corrected chi connectivity index (χ4v) is 3.16. The van der Waals surface area contributed by atoms with Crippen LogP contribution in [0.4, 0.5) is 0 Å². The maximum Gasteiger partial charge on any atom is 0.311 e. The zero-order valence-electron chi connectivity index (χ0n) is 5.49. The SMILES string of the molecule is CC1(C(=O)O)CS(=O)(=O)C1. The van der Waals surface area contributed by atoms with Crippen LogP contribution in [-0.2, 0) is 14.6 Å². The van der Waals surface area contributed by atoms with Crippen molar-refractivity contribution in [1.82, 2.24) is 0 Å². The van der Waals surface area contributed by atoms with Crippen LogP contribution < -0.4 is 0 Å². The summed E-state index contributed by atoms with van der Waals surface area (Å²) in [6.45, 7) is 1.44. The van der Waals surface area contributed by atoms with E-state index in [-0.39, 0.29) is 11.5 Å². The van der Waals surface area contributed by atoms with Gasteiger partial charge in [-0.25, -0.2) is 8.42 Å². The molecule has 4 nitrogen and oxygen atoms in total. The summed E-state index contributed by atoms with van der Waals surface area (Å²) in [6, 6.07) is 0. The van der Waals surface area contributed by atoms with Gasteiger partial charge in [0.15, 0.2) is 9.84 Å². The highest BCUT2D eigenvalue weighted by Gasteiger charge is 2.50. The Morgan fingerprint density at radius 3 is 2.00 bits per heavy atom. The molecule has 0 aromatic heterocycles. The molecule has 0 aromatic carbocycles. The highest BCUT2D eigenvalue weighted by atomic mass is 32.2. The lowest BCUT2D eigenvalue weighted by Crippen LogP contribution is -2.51. The van der Waals surface area contributed by atoms with Gasteiger partial charge in [0.2, 0.25) is 0 Å². The van der Waals surface area contributed by atoms with Gasteiger partial charge in [0, 0.05) is 0 Å². The van der Waals surface area contributed by atoms with Crippen LogP contribution in [0.25, 0.3) is 0 Å². The molecule has 0 aliphatic carbocycles. The summed E-state index contributed by atoms with van der Waals surface area (Å²) < 4.78 is 21.1. The minimum absolute atomic E-state index is 0.213. The quantitative estimate of drug-likeness (QED) is 0.567. The number of carboxylic acids is 1. The van der Waals surface area contributed by atoms with Crippen LogP contribution in [0, 0.1) is 5.41 Å². The summed E-state index contributed by atoms with van der Waals surface area (Å²) in [5, 5.41) is 8.46. The van der Waals surface area contributed by atoms with E-state index >= 15 is 0 Å². The lowest BCUT2D eigenvalue weighted by Gasteiger charge is -2.32. The van der Waals surface area contributed by atoms with Crippen molar-refractivity contribution in [2.75, 3.05) is 11.5 Å². The van der Waals surface area contributed by atoms with E-state index in [0.29, 0.717) is 0 Å². The Hall–Kier alpha value is -0.580. The highest BCUT2D eigenvalue weighted by molar-refractivity contribution is 7.93. The molecule has 0 saturated carbocycles. The van der Waals surface area contributed by atoms with Crippen molar-refractivity contribution in [3.05, 3.63) is 0 Å².